The number of anilines is 1. The van der Waals surface area contributed by atoms with Crippen LogP contribution in [0.5, 0.6) is 0 Å². The van der Waals surface area contributed by atoms with Gasteiger partial charge in [-0.05, 0) is 47.2 Å². The van der Waals surface area contributed by atoms with Gasteiger partial charge in [-0.1, -0.05) is 39.7 Å². The van der Waals surface area contributed by atoms with Crippen molar-refractivity contribution in [2.45, 2.75) is 13.5 Å². The largest absolute Gasteiger partial charge is 0.398 e. The number of halogens is 1. The van der Waals surface area contributed by atoms with Gasteiger partial charge in [0.15, 0.2) is 5.82 Å². The molecule has 0 atom stereocenters. The molecule has 0 spiro atoms. The molecule has 2 aromatic carbocycles. The molecular weight excluding hydrogens is 330 g/mol. The number of aromatic nitrogens is 4. The number of hydrogen-bond donors (Lipinski definition) is 1. The molecule has 106 valence electrons. The Morgan fingerprint density at radius 1 is 1.14 bits per heavy atom. The summed E-state index contributed by atoms with van der Waals surface area (Å²) in [5, 5.41) is 12.0. The first-order chi connectivity index (χ1) is 10.1. The highest BCUT2D eigenvalue weighted by Crippen LogP contribution is 2.25. The minimum atomic E-state index is 0.600. The van der Waals surface area contributed by atoms with Crippen LogP contribution < -0.4 is 5.73 Å². The van der Waals surface area contributed by atoms with E-state index in [0.29, 0.717) is 18.1 Å². The van der Waals surface area contributed by atoms with Crippen LogP contribution in [0.25, 0.3) is 11.4 Å². The fraction of sp³-hybridized carbons (Fsp3) is 0.133. The zero-order chi connectivity index (χ0) is 14.8. The van der Waals surface area contributed by atoms with E-state index >= 15 is 0 Å². The molecule has 0 fully saturated rings. The summed E-state index contributed by atoms with van der Waals surface area (Å²) in [6.07, 6.45) is 0. The molecule has 0 saturated carbocycles. The number of benzene rings is 2. The van der Waals surface area contributed by atoms with Crippen LogP contribution in [0, 0.1) is 6.92 Å². The smallest absolute Gasteiger partial charge is 0.184 e. The molecule has 0 aliphatic rings. The van der Waals surface area contributed by atoms with E-state index in [4.69, 9.17) is 5.73 Å². The number of tetrazole rings is 1. The first-order valence-electron chi connectivity index (χ1n) is 6.50. The Morgan fingerprint density at radius 2 is 1.90 bits per heavy atom. The Morgan fingerprint density at radius 3 is 2.67 bits per heavy atom. The molecule has 21 heavy (non-hydrogen) atoms. The van der Waals surface area contributed by atoms with E-state index in [9.17, 15) is 0 Å². The Kier molecular flexibility index (Phi) is 3.70. The molecule has 0 radical (unpaired) electrons. The molecule has 0 amide bonds. The molecule has 1 heterocycles. The Bertz CT molecular complexity index is 764. The Balaban J connectivity index is 1.97. The maximum Gasteiger partial charge on any atom is 0.184 e. The lowest BCUT2D eigenvalue weighted by Crippen LogP contribution is -2.05. The SMILES string of the molecule is Cc1ccc(N)c(-c2nnnn2Cc2ccc(Br)cc2)c1. The minimum absolute atomic E-state index is 0.600. The van der Waals surface area contributed by atoms with Crippen molar-refractivity contribution in [2.24, 2.45) is 0 Å². The predicted molar refractivity (Wildman–Crippen MR) is 85.6 cm³/mol. The van der Waals surface area contributed by atoms with Crippen molar-refractivity contribution in [2.75, 3.05) is 5.73 Å². The van der Waals surface area contributed by atoms with Crippen molar-refractivity contribution in [3.63, 3.8) is 0 Å². The van der Waals surface area contributed by atoms with Crippen LogP contribution in [-0.4, -0.2) is 20.2 Å². The van der Waals surface area contributed by atoms with Crippen molar-refractivity contribution < 1.29 is 0 Å². The van der Waals surface area contributed by atoms with Gasteiger partial charge in [-0.2, -0.15) is 0 Å². The van der Waals surface area contributed by atoms with Gasteiger partial charge in [-0.3, -0.25) is 0 Å². The molecule has 0 bridgehead atoms. The molecule has 3 rings (SSSR count). The minimum Gasteiger partial charge on any atom is -0.398 e. The van der Waals surface area contributed by atoms with Crippen LogP contribution in [0.4, 0.5) is 5.69 Å². The van der Waals surface area contributed by atoms with E-state index in [-0.39, 0.29) is 0 Å². The van der Waals surface area contributed by atoms with Crippen LogP contribution >= 0.6 is 15.9 Å². The van der Waals surface area contributed by atoms with E-state index in [1.807, 2.05) is 49.4 Å². The summed E-state index contributed by atoms with van der Waals surface area (Å²) in [4.78, 5) is 0. The van der Waals surface area contributed by atoms with Gasteiger partial charge in [-0.15, -0.1) is 5.10 Å². The molecule has 0 aliphatic heterocycles. The number of hydrogen-bond acceptors (Lipinski definition) is 4. The topological polar surface area (TPSA) is 69.6 Å². The van der Waals surface area contributed by atoms with Crippen molar-refractivity contribution in [1.29, 1.82) is 0 Å². The van der Waals surface area contributed by atoms with Crippen molar-refractivity contribution in [1.82, 2.24) is 20.2 Å². The van der Waals surface area contributed by atoms with Crippen LogP contribution in [0.2, 0.25) is 0 Å². The van der Waals surface area contributed by atoms with E-state index in [2.05, 4.69) is 31.5 Å². The molecular formula is C15H14BrN5. The van der Waals surface area contributed by atoms with Crippen LogP contribution in [0.15, 0.2) is 46.9 Å². The third kappa shape index (κ3) is 2.95. The van der Waals surface area contributed by atoms with Crippen molar-refractivity contribution in [3.8, 4) is 11.4 Å². The lowest BCUT2D eigenvalue weighted by Gasteiger charge is -2.08. The number of aryl methyl sites for hydroxylation is 1. The van der Waals surface area contributed by atoms with Gasteiger partial charge < -0.3 is 5.73 Å². The molecule has 0 unspecified atom stereocenters. The third-order valence-corrected chi connectivity index (χ3v) is 3.76. The molecule has 1 aromatic heterocycles. The van der Waals surface area contributed by atoms with Crippen LogP contribution in [-0.2, 0) is 6.54 Å². The second kappa shape index (κ2) is 5.65. The van der Waals surface area contributed by atoms with Crippen molar-refractivity contribution >= 4 is 21.6 Å². The second-order valence-corrected chi connectivity index (χ2v) is 5.79. The monoisotopic (exact) mass is 343 g/mol. The number of nitrogen functional groups attached to an aromatic ring is 1. The number of nitrogens with two attached hydrogens (primary N) is 1. The Hall–Kier alpha value is -2.21. The first-order valence-corrected chi connectivity index (χ1v) is 7.30. The molecule has 0 saturated heterocycles. The predicted octanol–water partition coefficient (Wildman–Crippen LogP) is 3.04. The molecule has 2 N–H and O–H groups in total. The summed E-state index contributed by atoms with van der Waals surface area (Å²) >= 11 is 3.43. The summed E-state index contributed by atoms with van der Waals surface area (Å²) in [6.45, 7) is 2.62. The fourth-order valence-electron chi connectivity index (χ4n) is 2.13. The molecule has 3 aromatic rings. The summed E-state index contributed by atoms with van der Waals surface area (Å²) < 4.78 is 2.81. The third-order valence-electron chi connectivity index (χ3n) is 3.23. The van der Waals surface area contributed by atoms with Gasteiger partial charge in [0, 0.05) is 15.7 Å². The summed E-state index contributed by atoms with van der Waals surface area (Å²) in [7, 11) is 0. The maximum absolute atomic E-state index is 6.05. The van der Waals surface area contributed by atoms with Gasteiger partial charge in [0.2, 0.25) is 0 Å². The van der Waals surface area contributed by atoms with Gasteiger partial charge in [0.05, 0.1) is 6.54 Å². The van der Waals surface area contributed by atoms with E-state index in [1.165, 1.54) is 0 Å². The van der Waals surface area contributed by atoms with E-state index in [1.54, 1.807) is 4.68 Å². The average Bonchev–Trinajstić information content (AvgIpc) is 2.92. The lowest BCUT2D eigenvalue weighted by molar-refractivity contribution is 0.653. The first kappa shape index (κ1) is 13.8. The lowest BCUT2D eigenvalue weighted by atomic mass is 10.1. The second-order valence-electron chi connectivity index (χ2n) is 4.88. The zero-order valence-corrected chi connectivity index (χ0v) is 13.1. The standard InChI is InChI=1S/C15H14BrN5/c1-10-2-7-14(17)13(8-10)15-18-19-20-21(15)9-11-3-5-12(16)6-4-11/h2-8H,9,17H2,1H3. The van der Waals surface area contributed by atoms with Gasteiger partial charge in [0.1, 0.15) is 0 Å². The normalized spacial score (nSPS) is 10.8. The van der Waals surface area contributed by atoms with Gasteiger partial charge in [0.25, 0.3) is 0 Å². The van der Waals surface area contributed by atoms with Crippen LogP contribution in [0.1, 0.15) is 11.1 Å². The van der Waals surface area contributed by atoms with E-state index < -0.39 is 0 Å². The highest BCUT2D eigenvalue weighted by molar-refractivity contribution is 9.10. The highest BCUT2D eigenvalue weighted by Gasteiger charge is 2.12. The fourth-order valence-corrected chi connectivity index (χ4v) is 2.39. The van der Waals surface area contributed by atoms with Gasteiger partial charge in [-0.25, -0.2) is 4.68 Å². The van der Waals surface area contributed by atoms with Gasteiger partial charge >= 0.3 is 0 Å². The summed E-state index contributed by atoms with van der Waals surface area (Å²) in [5.41, 5.74) is 9.83. The molecule has 0 aliphatic carbocycles. The molecule has 6 heteroatoms. The zero-order valence-electron chi connectivity index (χ0n) is 11.5. The van der Waals surface area contributed by atoms with Crippen LogP contribution in [0.3, 0.4) is 0 Å². The van der Waals surface area contributed by atoms with E-state index in [0.717, 1.165) is 21.2 Å². The quantitative estimate of drug-likeness (QED) is 0.742. The Labute approximate surface area is 130 Å². The number of rotatable bonds is 3. The average molecular weight is 344 g/mol. The number of nitrogens with zero attached hydrogens (tertiary/aromatic N) is 4. The van der Waals surface area contributed by atoms with Crippen molar-refractivity contribution in [3.05, 3.63) is 58.1 Å². The summed E-state index contributed by atoms with van der Waals surface area (Å²) in [6, 6.07) is 13.9. The maximum atomic E-state index is 6.05. The summed E-state index contributed by atoms with van der Waals surface area (Å²) in [5.74, 6) is 0.680. The highest BCUT2D eigenvalue weighted by atomic mass is 79.9. The molecule has 5 nitrogen and oxygen atoms in total.